The van der Waals surface area contributed by atoms with Crippen molar-refractivity contribution < 1.29 is 27.5 Å². The van der Waals surface area contributed by atoms with Crippen LogP contribution in [0, 0.1) is 13.8 Å². The van der Waals surface area contributed by atoms with Crippen LogP contribution < -0.4 is 15.0 Å². The Bertz CT molecular complexity index is 1570. The average molecular weight is 577 g/mol. The van der Waals surface area contributed by atoms with Gasteiger partial charge in [-0.3, -0.25) is 9.59 Å². The summed E-state index contributed by atoms with van der Waals surface area (Å²) in [6, 6.07) is 18.4. The molecule has 0 atom stereocenters. The number of benzene rings is 3. The van der Waals surface area contributed by atoms with Gasteiger partial charge in [-0.25, -0.2) is 4.98 Å². The predicted molar refractivity (Wildman–Crippen MR) is 156 cm³/mol. The van der Waals surface area contributed by atoms with Crippen molar-refractivity contribution in [2.75, 3.05) is 17.3 Å². The van der Waals surface area contributed by atoms with Crippen LogP contribution in [0.25, 0.3) is 0 Å². The van der Waals surface area contributed by atoms with Gasteiger partial charge in [0, 0.05) is 55.0 Å². The number of ketones is 2. The van der Waals surface area contributed by atoms with E-state index >= 15 is 0 Å². The van der Waals surface area contributed by atoms with Gasteiger partial charge >= 0.3 is 6.36 Å². The Morgan fingerprint density at radius 2 is 1.52 bits per heavy atom. The first-order chi connectivity index (χ1) is 19.9. The summed E-state index contributed by atoms with van der Waals surface area (Å²) in [5.74, 6) is 0.753. The van der Waals surface area contributed by atoms with Crippen LogP contribution in [0.15, 0.2) is 72.9 Å². The SMILES string of the molecule is CCC(=O)c1cc(Nc2ncc(C)c(N(C)c3ccc(CC(=O)Cc4ccc(OC(F)(F)F)cc4)cc3)n2)ccc1C. The highest BCUT2D eigenvalue weighted by Gasteiger charge is 2.31. The molecule has 1 aromatic heterocycles. The van der Waals surface area contributed by atoms with Crippen molar-refractivity contribution in [1.82, 2.24) is 9.97 Å². The first kappa shape index (κ1) is 30.2. The maximum absolute atomic E-state index is 12.6. The number of alkyl halides is 3. The lowest BCUT2D eigenvalue weighted by Gasteiger charge is -2.21. The number of ether oxygens (including phenoxy) is 1. The van der Waals surface area contributed by atoms with Crippen molar-refractivity contribution in [3.8, 4) is 5.75 Å². The molecule has 4 rings (SSSR count). The van der Waals surface area contributed by atoms with Gasteiger partial charge in [-0.15, -0.1) is 13.2 Å². The molecule has 0 aliphatic carbocycles. The normalized spacial score (nSPS) is 11.2. The molecule has 0 amide bonds. The van der Waals surface area contributed by atoms with Crippen LogP contribution >= 0.6 is 0 Å². The van der Waals surface area contributed by atoms with Gasteiger partial charge in [-0.2, -0.15) is 4.98 Å². The largest absolute Gasteiger partial charge is 0.573 e. The molecule has 1 heterocycles. The van der Waals surface area contributed by atoms with Crippen LogP contribution in [0.2, 0.25) is 0 Å². The van der Waals surface area contributed by atoms with Crippen LogP contribution in [0.4, 0.5) is 36.3 Å². The molecule has 3 aromatic carbocycles. The zero-order chi connectivity index (χ0) is 30.4. The molecule has 0 aliphatic heterocycles. The Kier molecular flexibility index (Phi) is 9.25. The first-order valence-corrected chi connectivity index (χ1v) is 13.4. The van der Waals surface area contributed by atoms with E-state index in [4.69, 9.17) is 4.98 Å². The number of halogens is 3. The van der Waals surface area contributed by atoms with Crippen molar-refractivity contribution in [2.45, 2.75) is 46.4 Å². The number of carbonyl (C=O) groups excluding carboxylic acids is 2. The van der Waals surface area contributed by atoms with Crippen molar-refractivity contribution in [3.63, 3.8) is 0 Å². The van der Waals surface area contributed by atoms with E-state index in [0.717, 1.165) is 28.1 Å². The Hall–Kier alpha value is -4.73. The smallest absolute Gasteiger partial charge is 0.406 e. The predicted octanol–water partition coefficient (Wildman–Crippen LogP) is 7.45. The molecule has 1 N–H and O–H groups in total. The van der Waals surface area contributed by atoms with Gasteiger partial charge in [-0.1, -0.05) is 37.3 Å². The van der Waals surface area contributed by atoms with Crippen LogP contribution in [0.1, 0.15) is 46.0 Å². The van der Waals surface area contributed by atoms with E-state index in [0.29, 0.717) is 29.3 Å². The Morgan fingerprint density at radius 3 is 2.12 bits per heavy atom. The van der Waals surface area contributed by atoms with Gasteiger partial charge in [0.25, 0.3) is 0 Å². The summed E-state index contributed by atoms with van der Waals surface area (Å²) in [6.45, 7) is 5.65. The molecule has 0 unspecified atom stereocenters. The Labute approximate surface area is 242 Å². The molecule has 0 radical (unpaired) electrons. The van der Waals surface area contributed by atoms with Crippen LogP contribution in [0.5, 0.6) is 5.75 Å². The van der Waals surface area contributed by atoms with E-state index in [1.54, 1.807) is 6.20 Å². The zero-order valence-electron chi connectivity index (χ0n) is 23.7. The topological polar surface area (TPSA) is 84.4 Å². The lowest BCUT2D eigenvalue weighted by molar-refractivity contribution is -0.274. The minimum atomic E-state index is -4.76. The third kappa shape index (κ3) is 7.93. The molecule has 10 heteroatoms. The van der Waals surface area contributed by atoms with E-state index in [-0.39, 0.29) is 30.2 Å². The number of carbonyl (C=O) groups is 2. The molecule has 42 heavy (non-hydrogen) atoms. The Balaban J connectivity index is 1.40. The second-order valence-electron chi connectivity index (χ2n) is 9.94. The highest BCUT2D eigenvalue weighted by Crippen LogP contribution is 2.28. The molecule has 4 aromatic rings. The maximum Gasteiger partial charge on any atom is 0.573 e. The second kappa shape index (κ2) is 12.8. The van der Waals surface area contributed by atoms with Crippen molar-refractivity contribution >= 4 is 34.7 Å². The van der Waals surface area contributed by atoms with Crippen LogP contribution in [0.3, 0.4) is 0 Å². The van der Waals surface area contributed by atoms with E-state index < -0.39 is 6.36 Å². The molecule has 0 bridgehead atoms. The van der Waals surface area contributed by atoms with Gasteiger partial charge < -0.3 is 15.0 Å². The summed E-state index contributed by atoms with van der Waals surface area (Å²) in [4.78, 5) is 35.9. The van der Waals surface area contributed by atoms with Crippen molar-refractivity contribution in [1.29, 1.82) is 0 Å². The fourth-order valence-electron chi connectivity index (χ4n) is 4.44. The highest BCUT2D eigenvalue weighted by molar-refractivity contribution is 5.98. The van der Waals surface area contributed by atoms with Crippen LogP contribution in [-0.2, 0) is 17.6 Å². The van der Waals surface area contributed by atoms with Crippen molar-refractivity contribution in [2.24, 2.45) is 0 Å². The number of hydrogen-bond acceptors (Lipinski definition) is 7. The number of nitrogens with zero attached hydrogens (tertiary/aromatic N) is 3. The second-order valence-corrected chi connectivity index (χ2v) is 9.94. The summed E-state index contributed by atoms with van der Waals surface area (Å²) in [5.41, 5.74) is 5.43. The van der Waals surface area contributed by atoms with Gasteiger partial charge in [0.2, 0.25) is 5.95 Å². The summed E-state index contributed by atoms with van der Waals surface area (Å²) < 4.78 is 40.9. The molecule has 0 spiro atoms. The molecule has 0 aliphatic rings. The van der Waals surface area contributed by atoms with E-state index in [1.165, 1.54) is 24.3 Å². The summed E-state index contributed by atoms with van der Waals surface area (Å²) >= 11 is 0. The van der Waals surface area contributed by atoms with E-state index in [9.17, 15) is 22.8 Å². The summed E-state index contributed by atoms with van der Waals surface area (Å²) in [7, 11) is 1.88. The lowest BCUT2D eigenvalue weighted by atomic mass is 10.0. The highest BCUT2D eigenvalue weighted by atomic mass is 19.4. The van der Waals surface area contributed by atoms with Gasteiger partial charge in [0.1, 0.15) is 17.4 Å². The molecule has 218 valence electrons. The number of rotatable bonds is 11. The number of aromatic nitrogens is 2. The molecule has 0 saturated carbocycles. The standard InChI is InChI=1S/C32H31F3N4O3/c1-5-29(41)28-18-24(11-6-20(28)2)37-31-36-19-21(3)30(38-31)39(4)25-12-7-22(8-13-25)16-26(40)17-23-9-14-27(15-10-23)42-32(33,34)35/h6-15,18-19H,5,16-17H2,1-4H3,(H,36,37,38). The first-order valence-electron chi connectivity index (χ1n) is 13.4. The van der Waals surface area contributed by atoms with Gasteiger partial charge in [-0.05, 0) is 66.9 Å². The maximum atomic E-state index is 12.6. The van der Waals surface area contributed by atoms with Crippen molar-refractivity contribution in [3.05, 3.63) is 101 Å². The molecule has 0 fully saturated rings. The lowest BCUT2D eigenvalue weighted by Crippen LogP contribution is -2.17. The number of nitrogens with one attached hydrogen (secondary N) is 1. The van der Waals surface area contributed by atoms with Gasteiger partial charge in [0.15, 0.2) is 5.78 Å². The fraction of sp³-hybridized carbons (Fsp3) is 0.250. The third-order valence-electron chi connectivity index (χ3n) is 6.66. The quantitative estimate of drug-likeness (QED) is 0.186. The summed E-state index contributed by atoms with van der Waals surface area (Å²) in [6.07, 6.45) is -2.33. The molecular formula is C32H31F3N4O3. The zero-order valence-corrected chi connectivity index (χ0v) is 23.7. The fourth-order valence-corrected chi connectivity index (χ4v) is 4.44. The van der Waals surface area contributed by atoms with Gasteiger partial charge in [0.05, 0.1) is 0 Å². The van der Waals surface area contributed by atoms with E-state index in [2.05, 4.69) is 15.0 Å². The minimum absolute atomic E-state index is 0.0668. The summed E-state index contributed by atoms with van der Waals surface area (Å²) in [5, 5.41) is 3.19. The monoisotopic (exact) mass is 576 g/mol. The molecule has 7 nitrogen and oxygen atoms in total. The Morgan fingerprint density at radius 1 is 0.905 bits per heavy atom. The number of hydrogen-bond donors (Lipinski definition) is 1. The molecule has 0 saturated heterocycles. The van der Waals surface area contributed by atoms with Crippen LogP contribution in [-0.4, -0.2) is 34.9 Å². The van der Waals surface area contributed by atoms with E-state index in [1.807, 2.05) is 75.2 Å². The number of Topliss-reactive ketones (excluding diaryl/α,β-unsaturated/α-hetero) is 2. The number of anilines is 4. The average Bonchev–Trinajstić information content (AvgIpc) is 2.95. The number of aryl methyl sites for hydroxylation is 2. The molecular weight excluding hydrogens is 545 g/mol. The minimum Gasteiger partial charge on any atom is -0.406 e. The third-order valence-corrected chi connectivity index (χ3v) is 6.66.